The van der Waals surface area contributed by atoms with Crippen molar-refractivity contribution in [1.29, 1.82) is 0 Å². The van der Waals surface area contributed by atoms with Gasteiger partial charge in [-0.3, -0.25) is 10.1 Å². The molecule has 0 saturated heterocycles. The molecule has 0 fully saturated rings. The number of hydrogen-bond donors (Lipinski definition) is 3. The van der Waals surface area contributed by atoms with Crippen LogP contribution in [0.2, 0.25) is 0 Å². The molecular weight excluding hydrogens is 398 g/mol. The number of pyridine rings is 2. The molecule has 31 heavy (non-hydrogen) atoms. The van der Waals surface area contributed by atoms with Crippen molar-refractivity contribution in [3.8, 4) is 39.6 Å². The van der Waals surface area contributed by atoms with Crippen LogP contribution in [0.15, 0.2) is 42.9 Å². The highest BCUT2D eigenvalue weighted by atomic mass is 16.5. The van der Waals surface area contributed by atoms with Gasteiger partial charge < -0.3 is 24.6 Å². The van der Waals surface area contributed by atoms with Crippen LogP contribution < -0.4 is 19.5 Å². The van der Waals surface area contributed by atoms with E-state index in [1.54, 1.807) is 39.9 Å². The van der Waals surface area contributed by atoms with Crippen molar-refractivity contribution in [1.82, 2.24) is 20.2 Å². The first kappa shape index (κ1) is 20.4. The maximum atomic E-state index is 9.03. The number of ether oxygens (including phenoxy) is 3. The zero-order chi connectivity index (χ0) is 21.8. The van der Waals surface area contributed by atoms with Crippen LogP contribution in [0.3, 0.4) is 0 Å². The Labute approximate surface area is 179 Å². The van der Waals surface area contributed by atoms with E-state index in [2.05, 4.69) is 25.5 Å². The number of nitrogens with one attached hydrogen (secondary N) is 2. The van der Waals surface area contributed by atoms with Crippen molar-refractivity contribution in [3.05, 3.63) is 42.9 Å². The summed E-state index contributed by atoms with van der Waals surface area (Å²) in [6.45, 7) is 0.500. The minimum Gasteiger partial charge on any atom is -0.493 e. The number of aromatic amines is 1. The van der Waals surface area contributed by atoms with E-state index in [4.69, 9.17) is 19.3 Å². The van der Waals surface area contributed by atoms with Gasteiger partial charge in [0.05, 0.1) is 39.3 Å². The van der Waals surface area contributed by atoms with Crippen LogP contribution >= 0.6 is 0 Å². The summed E-state index contributed by atoms with van der Waals surface area (Å²) in [7, 11) is 4.73. The molecule has 0 aliphatic rings. The van der Waals surface area contributed by atoms with Gasteiger partial charge in [0.25, 0.3) is 0 Å². The first-order valence-electron chi connectivity index (χ1n) is 9.63. The number of aromatic nitrogens is 4. The van der Waals surface area contributed by atoms with E-state index >= 15 is 0 Å². The zero-order valence-electron chi connectivity index (χ0n) is 17.5. The van der Waals surface area contributed by atoms with Crippen LogP contribution in [0.4, 0.5) is 5.69 Å². The third-order valence-electron chi connectivity index (χ3n) is 4.88. The molecule has 4 aromatic rings. The quantitative estimate of drug-likeness (QED) is 0.398. The predicted molar refractivity (Wildman–Crippen MR) is 118 cm³/mol. The van der Waals surface area contributed by atoms with E-state index in [1.165, 1.54) is 0 Å². The van der Waals surface area contributed by atoms with Crippen molar-refractivity contribution in [3.63, 3.8) is 0 Å². The van der Waals surface area contributed by atoms with E-state index in [9.17, 15) is 0 Å². The SMILES string of the molecule is COc1cc(-c2[nH]nc3ncc(-c4cncc(NCCO)c4)cc23)cc(OC)c1OC. The lowest BCUT2D eigenvalue weighted by atomic mass is 10.0. The van der Waals surface area contributed by atoms with Crippen molar-refractivity contribution in [2.45, 2.75) is 0 Å². The van der Waals surface area contributed by atoms with Crippen LogP contribution in [0.5, 0.6) is 17.2 Å². The average Bonchev–Trinajstić information content (AvgIpc) is 3.25. The Balaban J connectivity index is 1.80. The van der Waals surface area contributed by atoms with Crippen molar-refractivity contribution >= 4 is 16.7 Å². The number of fused-ring (bicyclic) bond motifs is 1. The number of hydrogen-bond acceptors (Lipinski definition) is 8. The van der Waals surface area contributed by atoms with Gasteiger partial charge in [0.2, 0.25) is 5.75 Å². The van der Waals surface area contributed by atoms with Gasteiger partial charge in [-0.25, -0.2) is 4.98 Å². The molecule has 160 valence electrons. The lowest BCUT2D eigenvalue weighted by Gasteiger charge is -2.13. The van der Waals surface area contributed by atoms with Crippen molar-refractivity contribution < 1.29 is 19.3 Å². The summed E-state index contributed by atoms with van der Waals surface area (Å²) in [6.07, 6.45) is 5.24. The summed E-state index contributed by atoms with van der Waals surface area (Å²) in [5.74, 6) is 1.63. The molecular formula is C22H23N5O4. The minimum atomic E-state index is 0.0465. The molecule has 9 nitrogen and oxygen atoms in total. The number of nitrogens with zero attached hydrogens (tertiary/aromatic N) is 3. The lowest BCUT2D eigenvalue weighted by molar-refractivity contribution is 0.311. The Morgan fingerprint density at radius 2 is 1.65 bits per heavy atom. The molecule has 0 amide bonds. The van der Waals surface area contributed by atoms with Gasteiger partial charge in [-0.2, -0.15) is 5.10 Å². The van der Waals surface area contributed by atoms with E-state index in [1.807, 2.05) is 24.3 Å². The molecule has 0 atom stereocenters. The van der Waals surface area contributed by atoms with Crippen LogP contribution in [0.1, 0.15) is 0 Å². The van der Waals surface area contributed by atoms with Crippen molar-refractivity contribution in [2.24, 2.45) is 0 Å². The minimum absolute atomic E-state index is 0.0465. The maximum absolute atomic E-state index is 9.03. The smallest absolute Gasteiger partial charge is 0.203 e. The molecule has 0 unspecified atom stereocenters. The van der Waals surface area contributed by atoms with Crippen LogP contribution in [0, 0.1) is 0 Å². The highest BCUT2D eigenvalue weighted by molar-refractivity contribution is 5.94. The Morgan fingerprint density at radius 3 is 2.32 bits per heavy atom. The van der Waals surface area contributed by atoms with Crippen molar-refractivity contribution in [2.75, 3.05) is 39.8 Å². The first-order valence-corrected chi connectivity index (χ1v) is 9.63. The summed E-state index contributed by atoms with van der Waals surface area (Å²) in [5.41, 5.74) is 4.81. The van der Waals surface area contributed by atoms with E-state index < -0.39 is 0 Å². The second-order valence-electron chi connectivity index (χ2n) is 6.72. The van der Waals surface area contributed by atoms with Crippen LogP contribution in [-0.4, -0.2) is 59.8 Å². The molecule has 1 aromatic carbocycles. The molecule has 0 radical (unpaired) electrons. The number of benzene rings is 1. The number of anilines is 1. The molecule has 0 saturated carbocycles. The van der Waals surface area contributed by atoms with Crippen LogP contribution in [-0.2, 0) is 0 Å². The number of aliphatic hydroxyl groups is 1. The van der Waals surface area contributed by atoms with Gasteiger partial charge in [0.1, 0.15) is 0 Å². The monoisotopic (exact) mass is 421 g/mol. The maximum Gasteiger partial charge on any atom is 0.203 e. The zero-order valence-corrected chi connectivity index (χ0v) is 17.5. The third-order valence-corrected chi connectivity index (χ3v) is 4.88. The predicted octanol–water partition coefficient (Wildman–Crippen LogP) is 3.12. The number of methoxy groups -OCH3 is 3. The molecule has 3 heterocycles. The third kappa shape index (κ3) is 3.95. The molecule has 4 rings (SSSR count). The standard InChI is InChI=1S/C22H23N5O4/c1-29-18-8-13(9-19(30-2)21(18)31-3)20-17-7-15(11-25-22(17)27-26-20)14-6-16(12-23-10-14)24-4-5-28/h6-12,24,28H,4-5H2,1-3H3,(H,25,26,27). The summed E-state index contributed by atoms with van der Waals surface area (Å²) >= 11 is 0. The molecule has 0 aliphatic heterocycles. The first-order chi connectivity index (χ1) is 15.2. The lowest BCUT2D eigenvalue weighted by Crippen LogP contribution is -2.05. The molecule has 0 aliphatic carbocycles. The number of aliphatic hydroxyl groups excluding tert-OH is 1. The molecule has 3 aromatic heterocycles. The van der Waals surface area contributed by atoms with Crippen LogP contribution in [0.25, 0.3) is 33.4 Å². The second kappa shape index (κ2) is 8.88. The Bertz CT molecular complexity index is 1180. The Hall–Kier alpha value is -3.85. The van der Waals surface area contributed by atoms with Gasteiger partial charge in [-0.15, -0.1) is 0 Å². The highest BCUT2D eigenvalue weighted by Crippen LogP contribution is 2.42. The van der Waals surface area contributed by atoms with E-state index in [0.717, 1.165) is 33.5 Å². The van der Waals surface area contributed by atoms with Gasteiger partial charge in [0.15, 0.2) is 17.1 Å². The van der Waals surface area contributed by atoms with Gasteiger partial charge >= 0.3 is 0 Å². The second-order valence-corrected chi connectivity index (χ2v) is 6.72. The summed E-state index contributed by atoms with van der Waals surface area (Å²) in [5, 5.41) is 20.4. The largest absolute Gasteiger partial charge is 0.493 e. The molecule has 9 heteroatoms. The van der Waals surface area contributed by atoms with E-state index in [0.29, 0.717) is 29.4 Å². The Kier molecular flexibility index (Phi) is 5.85. The highest BCUT2D eigenvalue weighted by Gasteiger charge is 2.17. The van der Waals surface area contributed by atoms with Gasteiger partial charge in [-0.05, 0) is 24.3 Å². The average molecular weight is 421 g/mol. The fourth-order valence-corrected chi connectivity index (χ4v) is 3.40. The van der Waals surface area contributed by atoms with Gasteiger partial charge in [-0.1, -0.05) is 0 Å². The summed E-state index contributed by atoms with van der Waals surface area (Å²) in [6, 6.07) is 7.70. The Morgan fingerprint density at radius 1 is 0.903 bits per heavy atom. The van der Waals surface area contributed by atoms with Gasteiger partial charge in [0, 0.05) is 47.2 Å². The number of H-pyrrole nitrogens is 1. The normalized spacial score (nSPS) is 10.8. The summed E-state index contributed by atoms with van der Waals surface area (Å²) in [4.78, 5) is 8.78. The number of rotatable bonds is 8. The fraction of sp³-hybridized carbons (Fsp3) is 0.227. The molecule has 3 N–H and O–H groups in total. The topological polar surface area (TPSA) is 114 Å². The van der Waals surface area contributed by atoms with E-state index in [-0.39, 0.29) is 6.61 Å². The summed E-state index contributed by atoms with van der Waals surface area (Å²) < 4.78 is 16.4. The molecule has 0 bridgehead atoms. The fourth-order valence-electron chi connectivity index (χ4n) is 3.40. The molecule has 0 spiro atoms.